The zero-order valence-electron chi connectivity index (χ0n) is 21.9. The van der Waals surface area contributed by atoms with E-state index < -0.39 is 6.10 Å². The zero-order chi connectivity index (χ0) is 26.3. The van der Waals surface area contributed by atoms with Crippen molar-refractivity contribution in [2.24, 2.45) is 5.92 Å². The third-order valence-electron chi connectivity index (χ3n) is 7.95. The van der Waals surface area contributed by atoms with Crippen molar-refractivity contribution < 1.29 is 5.11 Å². The highest BCUT2D eigenvalue weighted by Gasteiger charge is 2.18. The Morgan fingerprint density at radius 3 is 2.66 bits per heavy atom. The smallest absolute Gasteiger partial charge is 0.255 e. The van der Waals surface area contributed by atoms with E-state index in [4.69, 9.17) is 0 Å². The number of nitriles is 1. The minimum absolute atomic E-state index is 0.0143. The van der Waals surface area contributed by atoms with Crippen molar-refractivity contribution in [1.82, 2.24) is 9.55 Å². The highest BCUT2D eigenvalue weighted by molar-refractivity contribution is 5.84. The maximum absolute atomic E-state index is 12.1. The first-order chi connectivity index (χ1) is 18.6. The molecule has 0 saturated carbocycles. The van der Waals surface area contributed by atoms with E-state index in [1.807, 2.05) is 42.7 Å². The predicted molar refractivity (Wildman–Crippen MR) is 153 cm³/mol. The Balaban J connectivity index is 1.06. The minimum Gasteiger partial charge on any atom is -0.388 e. The van der Waals surface area contributed by atoms with Crippen LogP contribution in [0.25, 0.3) is 16.6 Å². The molecule has 0 spiro atoms. The van der Waals surface area contributed by atoms with Crippen molar-refractivity contribution in [2.45, 2.75) is 57.5 Å². The van der Waals surface area contributed by atoms with Gasteiger partial charge in [-0.25, -0.2) is 0 Å². The molecule has 2 aromatic heterocycles. The number of H-pyrrole nitrogens is 1. The average Bonchev–Trinajstić information content (AvgIpc) is 3.23. The molecular formula is C32H36N4O2. The Bertz CT molecular complexity index is 1450. The third-order valence-corrected chi connectivity index (χ3v) is 7.95. The van der Waals surface area contributed by atoms with Gasteiger partial charge in [0.05, 0.1) is 17.7 Å². The number of aromatic amines is 1. The van der Waals surface area contributed by atoms with Crippen molar-refractivity contribution in [3.05, 3.63) is 94.5 Å². The van der Waals surface area contributed by atoms with Gasteiger partial charge in [-0.15, -0.1) is 0 Å². The van der Waals surface area contributed by atoms with Crippen LogP contribution in [0.2, 0.25) is 0 Å². The highest BCUT2D eigenvalue weighted by atomic mass is 16.3. The number of hydrogen-bond donors (Lipinski definition) is 2. The van der Waals surface area contributed by atoms with Gasteiger partial charge >= 0.3 is 0 Å². The molecule has 2 aromatic carbocycles. The Kier molecular flexibility index (Phi) is 8.25. The molecule has 6 nitrogen and oxygen atoms in total. The van der Waals surface area contributed by atoms with Gasteiger partial charge in [0.25, 0.3) is 5.56 Å². The van der Waals surface area contributed by atoms with Crippen molar-refractivity contribution >= 4 is 16.6 Å². The first kappa shape index (κ1) is 25.8. The van der Waals surface area contributed by atoms with Crippen LogP contribution in [-0.4, -0.2) is 27.7 Å². The van der Waals surface area contributed by atoms with Gasteiger partial charge in [-0.3, -0.25) is 9.36 Å². The van der Waals surface area contributed by atoms with E-state index in [0.717, 1.165) is 60.4 Å². The maximum Gasteiger partial charge on any atom is 0.255 e. The topological polar surface area (TPSA) is 85.1 Å². The van der Waals surface area contributed by atoms with E-state index in [-0.39, 0.29) is 5.56 Å². The number of aliphatic hydroxyl groups excluding tert-OH is 1. The first-order valence-corrected chi connectivity index (χ1v) is 13.8. The number of benzene rings is 2. The van der Waals surface area contributed by atoms with Crippen LogP contribution >= 0.6 is 0 Å². The van der Waals surface area contributed by atoms with Crippen LogP contribution in [-0.2, 0) is 0 Å². The molecule has 1 aliphatic heterocycles. The molecule has 6 heteroatoms. The van der Waals surface area contributed by atoms with Crippen molar-refractivity contribution in [3.63, 3.8) is 0 Å². The number of aromatic nitrogens is 2. The Morgan fingerprint density at radius 1 is 1.00 bits per heavy atom. The number of pyridine rings is 1. The SMILES string of the molecule is N#Cc1ccc2[nH]cc(C(O)CCCCCC3CCCN(c4ccc(-n5ccccc5=O)cc4)CC3)c2c1. The summed E-state index contributed by atoms with van der Waals surface area (Å²) in [6, 6.07) is 21.3. The van der Waals surface area contributed by atoms with Gasteiger partial charge in [0.2, 0.25) is 0 Å². The van der Waals surface area contributed by atoms with Gasteiger partial charge in [-0.2, -0.15) is 5.26 Å². The molecule has 196 valence electrons. The van der Waals surface area contributed by atoms with Crippen LogP contribution in [0.3, 0.4) is 0 Å². The second-order valence-electron chi connectivity index (χ2n) is 10.5. The maximum atomic E-state index is 12.1. The minimum atomic E-state index is -0.504. The van der Waals surface area contributed by atoms with Crippen LogP contribution in [0, 0.1) is 17.2 Å². The van der Waals surface area contributed by atoms with Gasteiger partial charge < -0.3 is 15.0 Å². The summed E-state index contributed by atoms with van der Waals surface area (Å²) in [5, 5.41) is 20.9. The fourth-order valence-electron chi connectivity index (χ4n) is 5.77. The largest absolute Gasteiger partial charge is 0.388 e. The van der Waals surface area contributed by atoms with Crippen LogP contribution in [0.1, 0.15) is 68.6 Å². The number of nitrogens with one attached hydrogen (secondary N) is 1. The van der Waals surface area contributed by atoms with E-state index in [2.05, 4.69) is 28.1 Å². The van der Waals surface area contributed by atoms with E-state index in [1.165, 1.54) is 37.8 Å². The van der Waals surface area contributed by atoms with E-state index >= 15 is 0 Å². The van der Waals surface area contributed by atoms with Gasteiger partial charge in [-0.1, -0.05) is 31.7 Å². The molecule has 1 saturated heterocycles. The van der Waals surface area contributed by atoms with Gasteiger partial charge in [0.1, 0.15) is 0 Å². The highest BCUT2D eigenvalue weighted by Crippen LogP contribution is 2.30. The summed E-state index contributed by atoms with van der Waals surface area (Å²) in [4.78, 5) is 17.8. The Labute approximate surface area is 224 Å². The molecule has 1 fully saturated rings. The normalized spacial score (nSPS) is 16.7. The summed E-state index contributed by atoms with van der Waals surface area (Å²) in [7, 11) is 0. The molecule has 0 bridgehead atoms. The summed E-state index contributed by atoms with van der Waals surface area (Å²) >= 11 is 0. The van der Waals surface area contributed by atoms with Crippen LogP contribution in [0.15, 0.2) is 77.9 Å². The Morgan fingerprint density at radius 2 is 1.84 bits per heavy atom. The number of anilines is 1. The lowest BCUT2D eigenvalue weighted by Crippen LogP contribution is -2.24. The lowest BCUT2D eigenvalue weighted by atomic mass is 9.93. The second-order valence-corrected chi connectivity index (χ2v) is 10.5. The van der Waals surface area contributed by atoms with Crippen molar-refractivity contribution in [2.75, 3.05) is 18.0 Å². The van der Waals surface area contributed by atoms with Gasteiger partial charge in [-0.05, 0) is 80.1 Å². The average molecular weight is 509 g/mol. The molecule has 2 unspecified atom stereocenters. The zero-order valence-corrected chi connectivity index (χ0v) is 21.9. The first-order valence-electron chi connectivity index (χ1n) is 13.8. The summed E-state index contributed by atoms with van der Waals surface area (Å²) in [5.74, 6) is 0.755. The molecular weight excluding hydrogens is 472 g/mol. The number of unbranched alkanes of at least 4 members (excludes halogenated alkanes) is 2. The molecule has 2 N–H and O–H groups in total. The fraction of sp³-hybridized carbons (Fsp3) is 0.375. The molecule has 5 rings (SSSR count). The summed E-state index contributed by atoms with van der Waals surface area (Å²) < 4.78 is 1.67. The van der Waals surface area contributed by atoms with Gasteiger partial charge in [0.15, 0.2) is 0 Å². The van der Waals surface area contributed by atoms with E-state index in [9.17, 15) is 15.2 Å². The van der Waals surface area contributed by atoms with Gasteiger partial charge in [0, 0.05) is 59.4 Å². The number of nitrogens with zero attached hydrogens (tertiary/aromatic N) is 3. The monoisotopic (exact) mass is 508 g/mol. The van der Waals surface area contributed by atoms with Crippen LogP contribution in [0.4, 0.5) is 5.69 Å². The molecule has 1 aliphatic rings. The van der Waals surface area contributed by atoms with E-state index in [1.54, 1.807) is 22.8 Å². The molecule has 2 atom stereocenters. The second kappa shape index (κ2) is 12.1. The van der Waals surface area contributed by atoms with Crippen LogP contribution < -0.4 is 10.5 Å². The van der Waals surface area contributed by atoms with Crippen molar-refractivity contribution in [3.8, 4) is 11.8 Å². The van der Waals surface area contributed by atoms with Crippen LogP contribution in [0.5, 0.6) is 0 Å². The lowest BCUT2D eigenvalue weighted by Gasteiger charge is -2.23. The number of hydrogen-bond acceptors (Lipinski definition) is 4. The standard InChI is InChI=1S/C32H36N4O2/c33-22-25-11-16-30-28(21-25)29(23-34-30)31(37)9-3-1-2-7-24-8-6-18-35(20-17-24)26-12-14-27(15-13-26)36-19-5-4-10-32(36)38/h4-5,10-16,19,21,23-24,31,34,37H,1-3,6-9,17-18,20H2. The number of rotatable bonds is 9. The molecule has 0 aliphatic carbocycles. The number of fused-ring (bicyclic) bond motifs is 1. The molecule has 4 aromatic rings. The van der Waals surface area contributed by atoms with E-state index in [0.29, 0.717) is 5.56 Å². The van der Waals surface area contributed by atoms with Crippen molar-refractivity contribution in [1.29, 1.82) is 5.26 Å². The molecule has 0 radical (unpaired) electrons. The quantitative estimate of drug-likeness (QED) is 0.253. The summed E-state index contributed by atoms with van der Waals surface area (Å²) in [5.41, 5.74) is 4.58. The third kappa shape index (κ3) is 6.00. The Hall–Kier alpha value is -3.82. The predicted octanol–water partition coefficient (Wildman–Crippen LogP) is 6.48. The molecule has 3 heterocycles. The molecule has 38 heavy (non-hydrogen) atoms. The molecule has 0 amide bonds. The lowest BCUT2D eigenvalue weighted by molar-refractivity contribution is 0.164. The summed E-state index contributed by atoms with van der Waals surface area (Å²) in [6.07, 6.45) is 12.2. The summed E-state index contributed by atoms with van der Waals surface area (Å²) in [6.45, 7) is 2.14. The fourth-order valence-corrected chi connectivity index (χ4v) is 5.77. The number of aliphatic hydroxyl groups is 1.